The Labute approximate surface area is 143 Å². The molecule has 4 rings (SSSR count). The van der Waals surface area contributed by atoms with Gasteiger partial charge < -0.3 is 14.6 Å². The number of fused-ring (bicyclic) bond motifs is 1. The van der Waals surface area contributed by atoms with Gasteiger partial charge in [0.25, 0.3) is 11.9 Å². The molecule has 25 heavy (non-hydrogen) atoms. The molecule has 0 unspecified atom stereocenters. The van der Waals surface area contributed by atoms with Crippen molar-refractivity contribution in [3.05, 3.63) is 42.0 Å². The van der Waals surface area contributed by atoms with Crippen LogP contribution in [0.25, 0.3) is 11.1 Å². The second-order valence-electron chi connectivity index (χ2n) is 6.22. The maximum absolute atomic E-state index is 13.3. The van der Waals surface area contributed by atoms with E-state index in [9.17, 15) is 9.18 Å². The second-order valence-corrected chi connectivity index (χ2v) is 6.22. The number of carbonyl (C=O) groups excluding carboxylic acids is 1. The van der Waals surface area contributed by atoms with E-state index in [1.807, 2.05) is 4.90 Å². The van der Waals surface area contributed by atoms with Gasteiger partial charge in [0.05, 0.1) is 0 Å². The molecule has 0 bridgehead atoms. The fourth-order valence-electron chi connectivity index (χ4n) is 3.03. The smallest absolute Gasteiger partial charge is 0.298 e. The molecule has 7 nitrogen and oxygen atoms in total. The van der Waals surface area contributed by atoms with Crippen molar-refractivity contribution in [2.75, 3.05) is 18.0 Å². The molecule has 1 N–H and O–H groups in total. The average molecular weight is 343 g/mol. The third-order valence-corrected chi connectivity index (χ3v) is 4.39. The highest BCUT2D eigenvalue weighted by atomic mass is 19.1. The Morgan fingerprint density at radius 2 is 2.12 bits per heavy atom. The Balaban J connectivity index is 1.38. The molecule has 1 aromatic carbocycles. The third kappa shape index (κ3) is 3.19. The lowest BCUT2D eigenvalue weighted by molar-refractivity contribution is 0.0925. The van der Waals surface area contributed by atoms with Gasteiger partial charge in [-0.05, 0) is 31.0 Å². The van der Waals surface area contributed by atoms with E-state index in [0.29, 0.717) is 35.9 Å². The van der Waals surface area contributed by atoms with Crippen molar-refractivity contribution in [3.63, 3.8) is 0 Å². The van der Waals surface area contributed by atoms with E-state index in [4.69, 9.17) is 4.42 Å². The molecule has 0 atom stereocenters. The predicted molar refractivity (Wildman–Crippen MR) is 89.9 cm³/mol. The lowest BCUT2D eigenvalue weighted by Gasteiger charge is -2.31. The number of piperidine rings is 1. The van der Waals surface area contributed by atoms with Gasteiger partial charge in [-0.1, -0.05) is 0 Å². The molecule has 3 aromatic rings. The molecule has 2 aromatic heterocycles. The van der Waals surface area contributed by atoms with Crippen LogP contribution in [0, 0.1) is 5.82 Å². The Kier molecular flexibility index (Phi) is 3.87. The SMILES string of the molecule is Cn1ccc(C(=O)NC2CCN(c3nc4ccc(F)cc4o3)CC2)n1. The molecule has 130 valence electrons. The first-order valence-electron chi connectivity index (χ1n) is 8.20. The zero-order valence-electron chi connectivity index (χ0n) is 13.8. The first kappa shape index (κ1) is 15.6. The molecule has 0 aliphatic carbocycles. The number of benzene rings is 1. The lowest BCUT2D eigenvalue weighted by Crippen LogP contribution is -2.45. The maximum Gasteiger partial charge on any atom is 0.298 e. The highest BCUT2D eigenvalue weighted by Crippen LogP contribution is 2.25. The number of carbonyl (C=O) groups is 1. The minimum absolute atomic E-state index is 0.0904. The van der Waals surface area contributed by atoms with Crippen molar-refractivity contribution in [1.82, 2.24) is 20.1 Å². The van der Waals surface area contributed by atoms with Crippen molar-refractivity contribution < 1.29 is 13.6 Å². The molecule has 1 fully saturated rings. The normalized spacial score (nSPS) is 15.7. The predicted octanol–water partition coefficient (Wildman–Crippen LogP) is 2.10. The number of aryl methyl sites for hydroxylation is 1. The van der Waals surface area contributed by atoms with Crippen molar-refractivity contribution in [3.8, 4) is 0 Å². The molecule has 0 radical (unpaired) electrons. The number of aromatic nitrogens is 3. The number of rotatable bonds is 3. The van der Waals surface area contributed by atoms with Crippen LogP contribution in [0.1, 0.15) is 23.3 Å². The second kappa shape index (κ2) is 6.19. The van der Waals surface area contributed by atoms with E-state index in [-0.39, 0.29) is 17.8 Å². The van der Waals surface area contributed by atoms with Crippen LogP contribution in [0.3, 0.4) is 0 Å². The Morgan fingerprint density at radius 1 is 1.32 bits per heavy atom. The van der Waals surface area contributed by atoms with Crippen LogP contribution in [0.15, 0.2) is 34.9 Å². The molecule has 3 heterocycles. The number of nitrogens with one attached hydrogen (secondary N) is 1. The molecule has 1 aliphatic heterocycles. The van der Waals surface area contributed by atoms with Gasteiger partial charge in [0, 0.05) is 38.4 Å². The van der Waals surface area contributed by atoms with E-state index >= 15 is 0 Å². The summed E-state index contributed by atoms with van der Waals surface area (Å²) in [4.78, 5) is 18.6. The van der Waals surface area contributed by atoms with E-state index in [2.05, 4.69) is 15.4 Å². The molecule has 0 saturated carbocycles. The molecule has 8 heteroatoms. The maximum atomic E-state index is 13.3. The van der Waals surface area contributed by atoms with Gasteiger partial charge in [0.1, 0.15) is 17.0 Å². The van der Waals surface area contributed by atoms with Gasteiger partial charge >= 0.3 is 0 Å². The minimum Gasteiger partial charge on any atom is -0.423 e. The lowest BCUT2D eigenvalue weighted by atomic mass is 10.1. The monoisotopic (exact) mass is 343 g/mol. The van der Waals surface area contributed by atoms with Crippen molar-refractivity contribution in [2.24, 2.45) is 7.05 Å². The summed E-state index contributed by atoms with van der Waals surface area (Å²) in [6.07, 6.45) is 3.31. The van der Waals surface area contributed by atoms with Crippen LogP contribution in [0.2, 0.25) is 0 Å². The van der Waals surface area contributed by atoms with Crippen LogP contribution in [0.5, 0.6) is 0 Å². The summed E-state index contributed by atoms with van der Waals surface area (Å²) >= 11 is 0. The largest absolute Gasteiger partial charge is 0.423 e. The van der Waals surface area contributed by atoms with E-state index in [0.717, 1.165) is 12.8 Å². The zero-order valence-corrected chi connectivity index (χ0v) is 13.8. The van der Waals surface area contributed by atoms with Crippen LogP contribution in [-0.2, 0) is 7.05 Å². The summed E-state index contributed by atoms with van der Waals surface area (Å²) in [7, 11) is 1.78. The highest BCUT2D eigenvalue weighted by molar-refractivity contribution is 5.92. The molecule has 1 saturated heterocycles. The molecular formula is C17H18FN5O2. The number of hydrogen-bond acceptors (Lipinski definition) is 5. The fourth-order valence-corrected chi connectivity index (χ4v) is 3.03. The van der Waals surface area contributed by atoms with Crippen molar-refractivity contribution >= 4 is 23.0 Å². The Morgan fingerprint density at radius 3 is 2.84 bits per heavy atom. The quantitative estimate of drug-likeness (QED) is 0.788. The molecule has 1 aliphatic rings. The summed E-state index contributed by atoms with van der Waals surface area (Å²) in [5.41, 5.74) is 1.51. The number of nitrogens with zero attached hydrogens (tertiary/aromatic N) is 4. The summed E-state index contributed by atoms with van der Waals surface area (Å²) < 4.78 is 20.5. The summed E-state index contributed by atoms with van der Waals surface area (Å²) in [6.45, 7) is 1.42. The standard InChI is InChI=1S/C17H18FN5O2/c1-22-7-6-14(21-22)16(24)19-12-4-8-23(9-5-12)17-20-13-3-2-11(18)10-15(13)25-17/h2-3,6-7,10,12H,4-5,8-9H2,1H3,(H,19,24). The van der Waals surface area contributed by atoms with E-state index in [1.54, 1.807) is 30.1 Å². The van der Waals surface area contributed by atoms with Crippen LogP contribution < -0.4 is 10.2 Å². The zero-order chi connectivity index (χ0) is 17.4. The first-order valence-corrected chi connectivity index (χ1v) is 8.20. The van der Waals surface area contributed by atoms with Gasteiger partial charge in [-0.3, -0.25) is 9.48 Å². The number of hydrogen-bond donors (Lipinski definition) is 1. The summed E-state index contributed by atoms with van der Waals surface area (Å²) in [5.74, 6) is -0.498. The van der Waals surface area contributed by atoms with E-state index in [1.165, 1.54) is 12.1 Å². The van der Waals surface area contributed by atoms with Gasteiger partial charge in [-0.2, -0.15) is 10.1 Å². The first-order chi connectivity index (χ1) is 12.1. The number of oxazole rings is 1. The van der Waals surface area contributed by atoms with Gasteiger partial charge in [-0.15, -0.1) is 0 Å². The molecular weight excluding hydrogens is 325 g/mol. The van der Waals surface area contributed by atoms with E-state index < -0.39 is 0 Å². The van der Waals surface area contributed by atoms with Crippen molar-refractivity contribution in [2.45, 2.75) is 18.9 Å². The van der Waals surface area contributed by atoms with Gasteiger partial charge in [0.15, 0.2) is 5.58 Å². The third-order valence-electron chi connectivity index (χ3n) is 4.39. The highest BCUT2D eigenvalue weighted by Gasteiger charge is 2.24. The van der Waals surface area contributed by atoms with Crippen LogP contribution >= 0.6 is 0 Å². The number of halogens is 1. The Hall–Kier alpha value is -2.90. The minimum atomic E-state index is -0.342. The number of amides is 1. The summed E-state index contributed by atoms with van der Waals surface area (Å²) in [5, 5.41) is 7.12. The Bertz CT molecular complexity index is 911. The summed E-state index contributed by atoms with van der Waals surface area (Å²) in [6, 6.07) is 6.60. The molecule has 1 amide bonds. The molecule has 0 spiro atoms. The van der Waals surface area contributed by atoms with Crippen LogP contribution in [-0.4, -0.2) is 39.8 Å². The van der Waals surface area contributed by atoms with Gasteiger partial charge in [-0.25, -0.2) is 4.39 Å². The van der Waals surface area contributed by atoms with Crippen LogP contribution in [0.4, 0.5) is 10.4 Å². The topological polar surface area (TPSA) is 76.2 Å². The fraction of sp³-hybridized carbons (Fsp3) is 0.353. The van der Waals surface area contributed by atoms with Crippen molar-refractivity contribution in [1.29, 1.82) is 0 Å². The average Bonchev–Trinajstić information content (AvgIpc) is 3.21. The number of anilines is 1. The van der Waals surface area contributed by atoms with Gasteiger partial charge in [0.2, 0.25) is 0 Å².